The number of carbonyl (C=O) groups excluding carboxylic acids is 2. The van der Waals surface area contributed by atoms with E-state index in [0.29, 0.717) is 16.3 Å². The predicted octanol–water partition coefficient (Wildman–Crippen LogP) is 4.37. The lowest BCUT2D eigenvalue weighted by Crippen LogP contribution is -2.21. The monoisotopic (exact) mass is 331 g/mol. The normalized spacial score (nSPS) is 16.2. The number of hydrogen-bond acceptors (Lipinski definition) is 3. The third-order valence-electron chi connectivity index (χ3n) is 3.65. The molecule has 0 spiro atoms. The number of rotatable bonds is 3. The van der Waals surface area contributed by atoms with E-state index in [4.69, 9.17) is 11.6 Å². The van der Waals surface area contributed by atoms with E-state index in [1.807, 2.05) is 24.3 Å². The van der Waals surface area contributed by atoms with Gasteiger partial charge in [-0.05, 0) is 36.8 Å². The van der Waals surface area contributed by atoms with Crippen LogP contribution in [0.1, 0.15) is 28.8 Å². The fraction of sp³-hybridized carbons (Fsp3) is 0.176. The van der Waals surface area contributed by atoms with Gasteiger partial charge in [-0.15, -0.1) is 11.8 Å². The largest absolute Gasteiger partial charge is 0.324 e. The van der Waals surface area contributed by atoms with Gasteiger partial charge in [0.25, 0.3) is 0 Å². The summed E-state index contributed by atoms with van der Waals surface area (Å²) in [6.45, 7) is 1.48. The van der Waals surface area contributed by atoms with E-state index >= 15 is 0 Å². The average Bonchev–Trinajstić information content (AvgIpc) is 2.93. The number of Topliss-reactive ketones (excluding diaryl/α,β-unsaturated/α-hetero) is 1. The second-order valence-corrected chi connectivity index (χ2v) is 6.61. The van der Waals surface area contributed by atoms with Crippen LogP contribution < -0.4 is 5.32 Å². The molecule has 1 aliphatic rings. The van der Waals surface area contributed by atoms with Gasteiger partial charge in [0.2, 0.25) is 5.91 Å². The number of anilines is 1. The van der Waals surface area contributed by atoms with E-state index in [9.17, 15) is 9.59 Å². The zero-order valence-corrected chi connectivity index (χ0v) is 13.5. The van der Waals surface area contributed by atoms with E-state index in [2.05, 4.69) is 5.32 Å². The number of nitrogens with one attached hydrogen (secondary N) is 1. The van der Waals surface area contributed by atoms with Gasteiger partial charge in [0.15, 0.2) is 5.78 Å². The Hall–Kier alpha value is -1.78. The topological polar surface area (TPSA) is 46.2 Å². The second kappa shape index (κ2) is 6.15. The Balaban J connectivity index is 1.84. The molecular formula is C17H14ClNO2S. The molecule has 0 aliphatic carbocycles. The van der Waals surface area contributed by atoms with Crippen LogP contribution in [0.15, 0.2) is 47.4 Å². The molecular weight excluding hydrogens is 318 g/mol. The lowest BCUT2D eigenvalue weighted by atomic mass is 10.0. The van der Waals surface area contributed by atoms with Crippen LogP contribution in [0.3, 0.4) is 0 Å². The highest BCUT2D eigenvalue weighted by Gasteiger charge is 2.29. The van der Waals surface area contributed by atoms with Gasteiger partial charge in [0, 0.05) is 16.2 Å². The lowest BCUT2D eigenvalue weighted by molar-refractivity contribution is -0.117. The summed E-state index contributed by atoms with van der Waals surface area (Å²) < 4.78 is 0. The maximum Gasteiger partial charge on any atom is 0.232 e. The van der Waals surface area contributed by atoms with Crippen LogP contribution in [-0.4, -0.2) is 17.4 Å². The minimum atomic E-state index is -0.196. The molecule has 5 heteroatoms. The SMILES string of the molecule is CC(=O)c1ccc(Cl)c(NC(=O)[C@@H]2CSc3ccccc32)c1. The lowest BCUT2D eigenvalue weighted by Gasteiger charge is -2.13. The zero-order chi connectivity index (χ0) is 15.7. The molecule has 0 saturated carbocycles. The Kier molecular flexibility index (Phi) is 4.23. The molecule has 0 unspecified atom stereocenters. The van der Waals surface area contributed by atoms with Gasteiger partial charge in [0.05, 0.1) is 16.6 Å². The van der Waals surface area contributed by atoms with Crippen LogP contribution in [0.25, 0.3) is 0 Å². The van der Waals surface area contributed by atoms with Gasteiger partial charge in [0.1, 0.15) is 0 Å². The highest BCUT2D eigenvalue weighted by molar-refractivity contribution is 7.99. The molecule has 1 amide bonds. The molecule has 3 nitrogen and oxygen atoms in total. The zero-order valence-electron chi connectivity index (χ0n) is 11.9. The van der Waals surface area contributed by atoms with Crippen LogP contribution in [0.5, 0.6) is 0 Å². The molecule has 1 atom stereocenters. The number of halogens is 1. The van der Waals surface area contributed by atoms with Gasteiger partial charge < -0.3 is 5.32 Å². The van der Waals surface area contributed by atoms with Crippen molar-refractivity contribution in [3.05, 3.63) is 58.6 Å². The van der Waals surface area contributed by atoms with Crippen molar-refractivity contribution in [2.45, 2.75) is 17.7 Å². The maximum absolute atomic E-state index is 12.5. The molecule has 1 heterocycles. The van der Waals surface area contributed by atoms with Gasteiger partial charge >= 0.3 is 0 Å². The summed E-state index contributed by atoms with van der Waals surface area (Å²) in [7, 11) is 0. The molecule has 0 radical (unpaired) electrons. The summed E-state index contributed by atoms with van der Waals surface area (Å²) in [6.07, 6.45) is 0. The summed E-state index contributed by atoms with van der Waals surface area (Å²) in [5.74, 6) is 0.363. The Morgan fingerprint density at radius 3 is 2.77 bits per heavy atom. The molecule has 1 N–H and O–H groups in total. The highest BCUT2D eigenvalue weighted by atomic mass is 35.5. The molecule has 0 fully saturated rings. The Morgan fingerprint density at radius 1 is 1.23 bits per heavy atom. The number of ketones is 1. The summed E-state index contributed by atoms with van der Waals surface area (Å²) in [6, 6.07) is 12.8. The summed E-state index contributed by atoms with van der Waals surface area (Å²) in [5, 5.41) is 3.28. The van der Waals surface area contributed by atoms with Crippen LogP contribution in [-0.2, 0) is 4.79 Å². The third-order valence-corrected chi connectivity index (χ3v) is 5.16. The number of thioether (sulfide) groups is 1. The van der Waals surface area contributed by atoms with Crippen molar-refractivity contribution in [3.8, 4) is 0 Å². The third kappa shape index (κ3) is 2.89. The molecule has 2 aromatic rings. The van der Waals surface area contributed by atoms with Gasteiger partial charge in [-0.25, -0.2) is 0 Å². The minimum Gasteiger partial charge on any atom is -0.324 e. The molecule has 1 aliphatic heterocycles. The molecule has 22 heavy (non-hydrogen) atoms. The molecule has 0 aromatic heterocycles. The van der Waals surface area contributed by atoms with Crippen LogP contribution in [0, 0.1) is 0 Å². The first-order chi connectivity index (χ1) is 10.6. The van der Waals surface area contributed by atoms with Crippen LogP contribution >= 0.6 is 23.4 Å². The first-order valence-corrected chi connectivity index (χ1v) is 8.25. The van der Waals surface area contributed by atoms with Gasteiger partial charge in [-0.3, -0.25) is 9.59 Å². The summed E-state index contributed by atoms with van der Waals surface area (Å²) in [4.78, 5) is 25.1. The smallest absolute Gasteiger partial charge is 0.232 e. The van der Waals surface area contributed by atoms with E-state index in [1.54, 1.807) is 30.0 Å². The van der Waals surface area contributed by atoms with Crippen molar-refractivity contribution < 1.29 is 9.59 Å². The Labute approximate surface area is 138 Å². The second-order valence-electron chi connectivity index (χ2n) is 5.14. The van der Waals surface area contributed by atoms with Crippen molar-refractivity contribution in [2.24, 2.45) is 0 Å². The minimum absolute atomic E-state index is 0.0612. The van der Waals surface area contributed by atoms with Gasteiger partial charge in [-0.2, -0.15) is 0 Å². The molecule has 0 bridgehead atoms. The highest BCUT2D eigenvalue weighted by Crippen LogP contribution is 2.40. The first kappa shape index (κ1) is 15.1. The first-order valence-electron chi connectivity index (χ1n) is 6.89. The van der Waals surface area contributed by atoms with Crippen molar-refractivity contribution >= 4 is 40.7 Å². The molecule has 112 valence electrons. The predicted molar refractivity (Wildman–Crippen MR) is 90.0 cm³/mol. The van der Waals surface area contributed by atoms with E-state index < -0.39 is 0 Å². The average molecular weight is 332 g/mol. The fourth-order valence-corrected chi connectivity index (χ4v) is 3.83. The molecule has 2 aromatic carbocycles. The Bertz CT molecular complexity index is 760. The maximum atomic E-state index is 12.5. The quantitative estimate of drug-likeness (QED) is 0.849. The molecule has 3 rings (SSSR count). The number of hydrogen-bond donors (Lipinski definition) is 1. The number of carbonyl (C=O) groups is 2. The van der Waals surface area contributed by atoms with Crippen LogP contribution in [0.4, 0.5) is 5.69 Å². The number of benzene rings is 2. The Morgan fingerprint density at radius 2 is 2.00 bits per heavy atom. The van der Waals surface area contributed by atoms with E-state index in [1.165, 1.54) is 6.92 Å². The van der Waals surface area contributed by atoms with Gasteiger partial charge in [-0.1, -0.05) is 29.8 Å². The van der Waals surface area contributed by atoms with E-state index in [-0.39, 0.29) is 17.6 Å². The fourth-order valence-electron chi connectivity index (χ4n) is 2.44. The van der Waals surface area contributed by atoms with Crippen LogP contribution in [0.2, 0.25) is 5.02 Å². The summed E-state index contributed by atoms with van der Waals surface area (Å²) in [5.41, 5.74) is 2.05. The van der Waals surface area contributed by atoms with Crippen molar-refractivity contribution in [3.63, 3.8) is 0 Å². The standard InChI is InChI=1S/C17H14ClNO2S/c1-10(20)11-6-7-14(18)15(8-11)19-17(21)13-9-22-16-5-3-2-4-12(13)16/h2-8,13H,9H2,1H3,(H,19,21)/t13-/m1/s1. The van der Waals surface area contributed by atoms with Crippen molar-refractivity contribution in [1.29, 1.82) is 0 Å². The molecule has 0 saturated heterocycles. The number of amides is 1. The van der Waals surface area contributed by atoms with Crippen molar-refractivity contribution in [2.75, 3.05) is 11.1 Å². The van der Waals surface area contributed by atoms with Crippen molar-refractivity contribution in [1.82, 2.24) is 0 Å². The summed E-state index contributed by atoms with van der Waals surface area (Å²) >= 11 is 7.80. The van der Waals surface area contributed by atoms with E-state index in [0.717, 1.165) is 16.2 Å². The number of fused-ring (bicyclic) bond motifs is 1.